The summed E-state index contributed by atoms with van der Waals surface area (Å²) in [5.41, 5.74) is 1.48. The van der Waals surface area contributed by atoms with E-state index in [1.807, 2.05) is 6.07 Å². The highest BCUT2D eigenvalue weighted by Gasteiger charge is 2.52. The molecule has 3 heterocycles. The largest absolute Gasteiger partial charge is 0.463 e. The van der Waals surface area contributed by atoms with Crippen molar-refractivity contribution in [1.82, 2.24) is 4.98 Å². The average Bonchev–Trinajstić information content (AvgIpc) is 3.61. The predicted octanol–water partition coefficient (Wildman–Crippen LogP) is 3.66. The molecule has 1 aromatic carbocycles. The molecule has 0 N–H and O–H groups in total. The summed E-state index contributed by atoms with van der Waals surface area (Å²) in [5, 5.41) is 10.5. The minimum atomic E-state index is -1.30. The summed E-state index contributed by atoms with van der Waals surface area (Å²) in [5.74, 6) is -2.08. The molecule has 220 valence electrons. The van der Waals surface area contributed by atoms with Gasteiger partial charge in [-0.3, -0.25) is 19.2 Å². The number of nitrogens with zero attached hydrogens (tertiary/aromatic N) is 2. The summed E-state index contributed by atoms with van der Waals surface area (Å²) in [4.78, 5) is 53.3. The second-order valence-electron chi connectivity index (χ2n) is 9.42. The van der Waals surface area contributed by atoms with Crippen LogP contribution in [-0.4, -0.2) is 59.9 Å². The molecule has 5 unspecified atom stereocenters. The minimum Gasteiger partial charge on any atom is -0.463 e. The molecular weight excluding hydrogens is 568 g/mol. The first kappa shape index (κ1) is 30.4. The number of rotatable bonds is 9. The van der Waals surface area contributed by atoms with Crippen LogP contribution in [0.5, 0.6) is 0 Å². The van der Waals surface area contributed by atoms with Crippen LogP contribution < -0.4 is 0 Å². The number of hydrogen-bond acceptors (Lipinski definition) is 13. The van der Waals surface area contributed by atoms with Crippen LogP contribution >= 0.6 is 11.3 Å². The fourth-order valence-corrected chi connectivity index (χ4v) is 5.54. The molecule has 42 heavy (non-hydrogen) atoms. The second kappa shape index (κ2) is 13.4. The number of carbonyl (C=O) groups is 4. The Kier molecular flexibility index (Phi) is 9.72. The molecule has 13 heteroatoms. The number of hydrogen-bond donors (Lipinski definition) is 0. The van der Waals surface area contributed by atoms with Crippen molar-refractivity contribution in [2.45, 2.75) is 64.6 Å². The molecular formula is C29H28N2O10S. The lowest BCUT2D eigenvalue weighted by Gasteiger charge is -2.44. The molecule has 1 aliphatic heterocycles. The Bertz CT molecular complexity index is 1490. The zero-order valence-corrected chi connectivity index (χ0v) is 24.0. The van der Waals surface area contributed by atoms with E-state index in [0.29, 0.717) is 28.9 Å². The lowest BCUT2D eigenvalue weighted by atomic mass is 9.89. The van der Waals surface area contributed by atoms with Crippen LogP contribution in [0.25, 0.3) is 10.6 Å². The molecule has 0 saturated carbocycles. The van der Waals surface area contributed by atoms with Crippen molar-refractivity contribution in [3.05, 3.63) is 64.5 Å². The SMILES string of the molecule is CC(=O)OCC1OC(c2ccc(C#N)c(Cc3ncc(-c4ccco4)s3)c2)C(OC(C)=O)C(OC(C)=O)C1OC(C)=O. The van der Waals surface area contributed by atoms with Crippen molar-refractivity contribution in [2.24, 2.45) is 0 Å². The molecule has 0 amide bonds. The number of esters is 4. The Labute approximate surface area is 245 Å². The number of aromatic nitrogens is 1. The van der Waals surface area contributed by atoms with Crippen LogP contribution in [-0.2, 0) is 49.3 Å². The first-order valence-corrected chi connectivity index (χ1v) is 13.7. The highest BCUT2D eigenvalue weighted by molar-refractivity contribution is 7.15. The molecule has 1 aliphatic rings. The van der Waals surface area contributed by atoms with Crippen LogP contribution in [0.2, 0.25) is 0 Å². The van der Waals surface area contributed by atoms with E-state index in [2.05, 4.69) is 11.1 Å². The van der Waals surface area contributed by atoms with E-state index < -0.39 is 54.4 Å². The summed E-state index contributed by atoms with van der Waals surface area (Å²) in [7, 11) is 0. The predicted molar refractivity (Wildman–Crippen MR) is 145 cm³/mol. The maximum atomic E-state index is 12.2. The van der Waals surface area contributed by atoms with E-state index >= 15 is 0 Å². The topological polar surface area (TPSA) is 164 Å². The smallest absolute Gasteiger partial charge is 0.303 e. The summed E-state index contributed by atoms with van der Waals surface area (Å²) in [6.07, 6.45) is -2.42. The average molecular weight is 597 g/mol. The van der Waals surface area contributed by atoms with E-state index in [1.165, 1.54) is 25.2 Å². The highest BCUT2D eigenvalue weighted by atomic mass is 32.1. The highest BCUT2D eigenvalue weighted by Crippen LogP contribution is 2.39. The third-order valence-corrected chi connectivity index (χ3v) is 7.24. The van der Waals surface area contributed by atoms with E-state index in [9.17, 15) is 24.4 Å². The lowest BCUT2D eigenvalue weighted by molar-refractivity contribution is -0.254. The van der Waals surface area contributed by atoms with Crippen LogP contribution in [0, 0.1) is 11.3 Å². The zero-order chi connectivity index (χ0) is 30.4. The van der Waals surface area contributed by atoms with Gasteiger partial charge in [0.05, 0.1) is 27.8 Å². The zero-order valence-electron chi connectivity index (χ0n) is 23.2. The summed E-state index contributed by atoms with van der Waals surface area (Å²) >= 11 is 1.41. The fraction of sp³-hybridized carbons (Fsp3) is 0.379. The van der Waals surface area contributed by atoms with E-state index in [0.717, 1.165) is 23.7 Å². The standard InChI is InChI=1S/C29H28N2O10S/c1-15(32)37-14-23-27(38-16(2)33)29(40-18(4)35)28(39-17(3)34)26(41-23)19-7-8-20(12-30)21(10-19)11-25-31-13-24(42-25)22-6-5-9-36-22/h5-10,13,23,26-29H,11,14H2,1-4H3. The van der Waals surface area contributed by atoms with Gasteiger partial charge in [0.2, 0.25) is 0 Å². The summed E-state index contributed by atoms with van der Waals surface area (Å²) < 4.78 is 33.4. The van der Waals surface area contributed by atoms with Gasteiger partial charge in [0.15, 0.2) is 18.3 Å². The van der Waals surface area contributed by atoms with Gasteiger partial charge in [-0.05, 0) is 29.3 Å². The molecule has 3 aromatic rings. The van der Waals surface area contributed by atoms with Gasteiger partial charge in [-0.25, -0.2) is 4.98 Å². The van der Waals surface area contributed by atoms with Crippen molar-refractivity contribution in [1.29, 1.82) is 5.26 Å². The Balaban J connectivity index is 1.74. The van der Waals surface area contributed by atoms with Gasteiger partial charge in [0.25, 0.3) is 0 Å². The van der Waals surface area contributed by atoms with Crippen LogP contribution in [0.3, 0.4) is 0 Å². The van der Waals surface area contributed by atoms with Crippen LogP contribution in [0.15, 0.2) is 47.2 Å². The Morgan fingerprint density at radius 3 is 2.26 bits per heavy atom. The van der Waals surface area contributed by atoms with Gasteiger partial charge in [-0.15, -0.1) is 11.3 Å². The quantitative estimate of drug-likeness (QED) is 0.260. The number of furan rings is 1. The Morgan fingerprint density at radius 1 is 0.952 bits per heavy atom. The lowest BCUT2D eigenvalue weighted by Crippen LogP contribution is -2.59. The summed E-state index contributed by atoms with van der Waals surface area (Å²) in [6, 6.07) is 10.7. The van der Waals surface area contributed by atoms with Crippen molar-refractivity contribution >= 4 is 35.2 Å². The number of ether oxygens (including phenoxy) is 5. The monoisotopic (exact) mass is 596 g/mol. The molecule has 4 rings (SSSR count). The maximum absolute atomic E-state index is 12.2. The van der Waals surface area contributed by atoms with E-state index in [-0.39, 0.29) is 6.61 Å². The fourth-order valence-electron chi connectivity index (χ4n) is 4.63. The molecule has 0 aliphatic carbocycles. The van der Waals surface area contributed by atoms with Gasteiger partial charge >= 0.3 is 23.9 Å². The van der Waals surface area contributed by atoms with Gasteiger partial charge in [0.1, 0.15) is 24.6 Å². The molecule has 0 spiro atoms. The molecule has 1 fully saturated rings. The normalized spacial score (nSPS) is 21.5. The maximum Gasteiger partial charge on any atom is 0.303 e. The first-order chi connectivity index (χ1) is 20.0. The van der Waals surface area contributed by atoms with Crippen LogP contribution in [0.1, 0.15) is 55.5 Å². The second-order valence-corrected chi connectivity index (χ2v) is 10.5. The van der Waals surface area contributed by atoms with Crippen LogP contribution in [0.4, 0.5) is 0 Å². The first-order valence-electron chi connectivity index (χ1n) is 12.9. The molecule has 12 nitrogen and oxygen atoms in total. The number of benzene rings is 1. The Hall–Kier alpha value is -4.54. The van der Waals surface area contributed by atoms with Crippen molar-refractivity contribution in [3.63, 3.8) is 0 Å². The van der Waals surface area contributed by atoms with Crippen molar-refractivity contribution in [2.75, 3.05) is 6.61 Å². The summed E-state index contributed by atoms with van der Waals surface area (Å²) in [6.45, 7) is 4.35. The van der Waals surface area contributed by atoms with E-state index in [4.69, 9.17) is 28.1 Å². The molecule has 1 saturated heterocycles. The van der Waals surface area contributed by atoms with Gasteiger partial charge < -0.3 is 28.1 Å². The third-order valence-electron chi connectivity index (χ3n) is 6.23. The molecule has 0 bridgehead atoms. The third kappa shape index (κ3) is 7.39. The minimum absolute atomic E-state index is 0.299. The van der Waals surface area contributed by atoms with Gasteiger partial charge in [-0.1, -0.05) is 12.1 Å². The van der Waals surface area contributed by atoms with Crippen molar-refractivity contribution in [3.8, 4) is 16.7 Å². The molecule has 5 atom stereocenters. The number of carbonyl (C=O) groups excluding carboxylic acids is 4. The van der Waals surface area contributed by atoms with Gasteiger partial charge in [-0.2, -0.15) is 5.26 Å². The number of thiazole rings is 1. The Morgan fingerprint density at radius 2 is 1.64 bits per heavy atom. The molecule has 0 radical (unpaired) electrons. The van der Waals surface area contributed by atoms with Gasteiger partial charge in [0, 0.05) is 40.3 Å². The van der Waals surface area contributed by atoms with Crippen molar-refractivity contribution < 1.29 is 47.3 Å². The molecule has 2 aromatic heterocycles. The number of nitriles is 1. The van der Waals surface area contributed by atoms with E-state index in [1.54, 1.807) is 36.7 Å².